The molecule has 0 unspecified atom stereocenters. The third-order valence-corrected chi connectivity index (χ3v) is 4.73. The normalized spacial score (nSPS) is 10.5. The Morgan fingerprint density at radius 2 is 1.96 bits per heavy atom. The number of nitrogens with zero attached hydrogens (tertiary/aromatic N) is 1. The molecule has 0 aliphatic carbocycles. The first kappa shape index (κ1) is 23.2. The fraction of sp³-hybridized carbons (Fsp3) is 0.474. The van der Waals surface area contributed by atoms with E-state index in [9.17, 15) is 4.79 Å². The quantitative estimate of drug-likeness (QED) is 0.444. The number of oxazole rings is 1. The van der Waals surface area contributed by atoms with E-state index in [-0.39, 0.29) is 35.3 Å². The fourth-order valence-electron chi connectivity index (χ4n) is 2.38. The number of aryl methyl sites for hydroxylation is 1. The SMILES string of the molecule is Cc1oc(-c2ccccc2)nc1CCOCCCCCSCC(=O)O.[NaH]. The van der Waals surface area contributed by atoms with Gasteiger partial charge in [0.15, 0.2) is 0 Å². The van der Waals surface area contributed by atoms with Gasteiger partial charge in [0.25, 0.3) is 0 Å². The second-order valence-corrected chi connectivity index (χ2v) is 6.86. The molecule has 7 heteroatoms. The van der Waals surface area contributed by atoms with E-state index in [4.69, 9.17) is 14.3 Å². The Hall–Kier alpha value is -0.790. The van der Waals surface area contributed by atoms with E-state index < -0.39 is 5.97 Å². The van der Waals surface area contributed by atoms with Crippen molar-refractivity contribution in [1.29, 1.82) is 0 Å². The molecule has 0 amide bonds. The van der Waals surface area contributed by atoms with Crippen LogP contribution < -0.4 is 0 Å². The number of carboxylic acids is 1. The summed E-state index contributed by atoms with van der Waals surface area (Å²) in [7, 11) is 0. The van der Waals surface area contributed by atoms with Crippen LogP contribution in [0.15, 0.2) is 34.7 Å². The summed E-state index contributed by atoms with van der Waals surface area (Å²) in [5.41, 5.74) is 1.93. The van der Waals surface area contributed by atoms with Crippen molar-refractivity contribution in [3.05, 3.63) is 41.8 Å². The Morgan fingerprint density at radius 1 is 1.19 bits per heavy atom. The van der Waals surface area contributed by atoms with Gasteiger partial charge in [0.2, 0.25) is 5.89 Å². The number of aromatic nitrogens is 1. The molecular weight excluding hydrogens is 361 g/mol. The van der Waals surface area contributed by atoms with Crippen LogP contribution in [0.3, 0.4) is 0 Å². The molecule has 0 spiro atoms. The summed E-state index contributed by atoms with van der Waals surface area (Å²) in [5, 5.41) is 8.54. The van der Waals surface area contributed by atoms with Gasteiger partial charge < -0.3 is 14.3 Å². The summed E-state index contributed by atoms with van der Waals surface area (Å²) in [6.07, 6.45) is 3.84. The molecule has 0 fully saturated rings. The van der Waals surface area contributed by atoms with Crippen molar-refractivity contribution in [3.63, 3.8) is 0 Å². The molecule has 0 aliphatic rings. The molecule has 0 saturated heterocycles. The first-order chi connectivity index (χ1) is 12.2. The monoisotopic (exact) mass is 387 g/mol. The van der Waals surface area contributed by atoms with Crippen molar-refractivity contribution in [2.45, 2.75) is 32.6 Å². The average Bonchev–Trinajstić information content (AvgIpc) is 2.98. The maximum atomic E-state index is 10.4. The second-order valence-electron chi connectivity index (χ2n) is 5.76. The van der Waals surface area contributed by atoms with Crippen LogP contribution in [0.4, 0.5) is 0 Å². The molecule has 0 radical (unpaired) electrons. The van der Waals surface area contributed by atoms with Gasteiger partial charge in [-0.2, -0.15) is 11.8 Å². The Bertz CT molecular complexity index is 648. The van der Waals surface area contributed by atoms with Crippen molar-refractivity contribution in [2.75, 3.05) is 24.7 Å². The number of carbonyl (C=O) groups is 1. The second kappa shape index (κ2) is 13.4. The van der Waals surface area contributed by atoms with Gasteiger partial charge in [-0.25, -0.2) is 4.98 Å². The summed E-state index contributed by atoms with van der Waals surface area (Å²) in [5.74, 6) is 1.85. The Kier molecular flexibility index (Phi) is 12.0. The Labute approximate surface area is 181 Å². The molecule has 1 N–H and O–H groups in total. The van der Waals surface area contributed by atoms with E-state index in [2.05, 4.69) is 4.98 Å². The topological polar surface area (TPSA) is 72.6 Å². The van der Waals surface area contributed by atoms with Gasteiger partial charge in [-0.15, -0.1) is 0 Å². The van der Waals surface area contributed by atoms with Crippen molar-refractivity contribution in [3.8, 4) is 11.5 Å². The molecule has 0 aliphatic heterocycles. The third kappa shape index (κ3) is 8.73. The fourth-order valence-corrected chi connectivity index (χ4v) is 3.11. The van der Waals surface area contributed by atoms with Crippen LogP contribution in [0.25, 0.3) is 11.5 Å². The molecule has 2 rings (SSSR count). The predicted octanol–water partition coefficient (Wildman–Crippen LogP) is 3.55. The average molecular weight is 387 g/mol. The molecule has 0 saturated carbocycles. The van der Waals surface area contributed by atoms with Crippen LogP contribution in [0.1, 0.15) is 30.7 Å². The summed E-state index contributed by atoms with van der Waals surface area (Å²) in [6.45, 7) is 3.30. The van der Waals surface area contributed by atoms with Crippen LogP contribution in [0.2, 0.25) is 0 Å². The minimum absolute atomic E-state index is 0. The number of thioether (sulfide) groups is 1. The molecular formula is C19H26NNaO4S. The molecule has 138 valence electrons. The van der Waals surface area contributed by atoms with Crippen LogP contribution in [0, 0.1) is 6.92 Å². The van der Waals surface area contributed by atoms with Crippen LogP contribution >= 0.6 is 11.8 Å². The molecule has 2 aromatic rings. The van der Waals surface area contributed by atoms with Crippen molar-refractivity contribution < 1.29 is 19.1 Å². The number of benzene rings is 1. The number of hydrogen-bond donors (Lipinski definition) is 1. The molecule has 0 atom stereocenters. The molecule has 26 heavy (non-hydrogen) atoms. The zero-order valence-electron chi connectivity index (χ0n) is 14.6. The van der Waals surface area contributed by atoms with E-state index >= 15 is 0 Å². The summed E-state index contributed by atoms with van der Waals surface area (Å²) >= 11 is 1.47. The van der Waals surface area contributed by atoms with Gasteiger partial charge in [-0.3, -0.25) is 4.79 Å². The standard InChI is InChI=1S/C19H25NO4S.Na.H/c1-15-17(20-19(24-15)16-8-4-2-5-9-16)10-12-23-11-6-3-7-13-25-14-18(21)22;;/h2,4-5,8-9H,3,6-7,10-14H2,1H3,(H,21,22);;. The molecule has 1 heterocycles. The summed E-state index contributed by atoms with van der Waals surface area (Å²) in [4.78, 5) is 14.9. The number of unbranched alkanes of at least 4 members (excludes halogenated alkanes) is 2. The van der Waals surface area contributed by atoms with Gasteiger partial charge in [0.05, 0.1) is 18.1 Å². The van der Waals surface area contributed by atoms with E-state index in [1.54, 1.807) is 0 Å². The number of ether oxygens (including phenoxy) is 1. The molecule has 1 aromatic carbocycles. The van der Waals surface area contributed by atoms with Crippen LogP contribution in [-0.2, 0) is 16.0 Å². The van der Waals surface area contributed by atoms with Crippen LogP contribution in [-0.4, -0.2) is 70.3 Å². The van der Waals surface area contributed by atoms with Gasteiger partial charge in [0.1, 0.15) is 5.76 Å². The van der Waals surface area contributed by atoms with E-state index in [0.29, 0.717) is 12.5 Å². The zero-order chi connectivity index (χ0) is 17.9. The van der Waals surface area contributed by atoms with Gasteiger partial charge >= 0.3 is 35.5 Å². The third-order valence-electron chi connectivity index (χ3n) is 3.70. The number of hydrogen-bond acceptors (Lipinski definition) is 5. The van der Waals surface area contributed by atoms with Gasteiger partial charge in [-0.1, -0.05) is 24.6 Å². The van der Waals surface area contributed by atoms with Crippen LogP contribution in [0.5, 0.6) is 0 Å². The number of aliphatic carboxylic acids is 1. The minimum atomic E-state index is -0.744. The first-order valence-corrected chi connectivity index (χ1v) is 9.71. The molecule has 1 aromatic heterocycles. The zero-order valence-corrected chi connectivity index (χ0v) is 15.4. The van der Waals surface area contributed by atoms with E-state index in [1.807, 2.05) is 37.3 Å². The molecule has 5 nitrogen and oxygen atoms in total. The van der Waals surface area contributed by atoms with E-state index in [1.165, 1.54) is 11.8 Å². The van der Waals surface area contributed by atoms with Crippen molar-refractivity contribution >= 4 is 47.3 Å². The van der Waals surface area contributed by atoms with E-state index in [0.717, 1.165) is 55.1 Å². The first-order valence-electron chi connectivity index (χ1n) is 8.56. The van der Waals surface area contributed by atoms with Crippen molar-refractivity contribution in [2.24, 2.45) is 0 Å². The number of rotatable bonds is 12. The maximum absolute atomic E-state index is 10.4. The van der Waals surface area contributed by atoms with Gasteiger partial charge in [0, 0.05) is 18.6 Å². The summed E-state index contributed by atoms with van der Waals surface area (Å²) in [6, 6.07) is 9.88. The summed E-state index contributed by atoms with van der Waals surface area (Å²) < 4.78 is 11.4. The Morgan fingerprint density at radius 3 is 2.69 bits per heavy atom. The predicted molar refractivity (Wildman–Crippen MR) is 107 cm³/mol. The molecule has 0 bridgehead atoms. The number of carboxylic acid groups (broad SMARTS) is 1. The Balaban J connectivity index is 0.00000338. The van der Waals surface area contributed by atoms with Gasteiger partial charge in [-0.05, 0) is 37.7 Å². The van der Waals surface area contributed by atoms with Crippen molar-refractivity contribution in [1.82, 2.24) is 4.98 Å².